The summed E-state index contributed by atoms with van der Waals surface area (Å²) in [6.45, 7) is 0.737. The van der Waals surface area contributed by atoms with Gasteiger partial charge in [-0.2, -0.15) is 0 Å². The third-order valence-corrected chi connectivity index (χ3v) is 3.86. The van der Waals surface area contributed by atoms with Gasteiger partial charge in [0.2, 0.25) is 0 Å². The van der Waals surface area contributed by atoms with Crippen molar-refractivity contribution in [3.63, 3.8) is 0 Å². The van der Waals surface area contributed by atoms with Crippen molar-refractivity contribution in [2.24, 2.45) is 0 Å². The van der Waals surface area contributed by atoms with Crippen LogP contribution >= 0.6 is 0 Å². The Kier molecular flexibility index (Phi) is 5.81. The van der Waals surface area contributed by atoms with Crippen LogP contribution in [0.1, 0.15) is 16.7 Å². The zero-order chi connectivity index (χ0) is 18.4. The van der Waals surface area contributed by atoms with Gasteiger partial charge in [0.25, 0.3) is 0 Å². The Morgan fingerprint density at radius 3 is 2.23 bits per heavy atom. The largest absolute Gasteiger partial charge is 0.489 e. The number of nitrogens with one attached hydrogen (secondary N) is 1. The van der Waals surface area contributed by atoms with Gasteiger partial charge in [-0.25, -0.2) is 8.78 Å². The molecule has 0 fully saturated rings. The molecule has 0 saturated carbocycles. The maximum absolute atomic E-state index is 13.2. The van der Waals surface area contributed by atoms with Crippen LogP contribution in [0.2, 0.25) is 0 Å². The highest BCUT2D eigenvalue weighted by atomic mass is 19.1. The molecule has 3 aromatic rings. The number of halogens is 2. The first-order valence-corrected chi connectivity index (χ1v) is 8.23. The SMILES string of the molecule is OCc1cccc(NCc2ccc(OCc3cc(F)cc(F)c3)cc2)c1. The van der Waals surface area contributed by atoms with Crippen molar-refractivity contribution < 1.29 is 18.6 Å². The van der Waals surface area contributed by atoms with Gasteiger partial charge in [0, 0.05) is 18.3 Å². The summed E-state index contributed by atoms with van der Waals surface area (Å²) in [4.78, 5) is 0. The predicted octanol–water partition coefficient (Wildman–Crippen LogP) is 4.65. The third-order valence-electron chi connectivity index (χ3n) is 3.86. The topological polar surface area (TPSA) is 41.5 Å². The zero-order valence-corrected chi connectivity index (χ0v) is 14.1. The lowest BCUT2D eigenvalue weighted by molar-refractivity contribution is 0.282. The van der Waals surface area contributed by atoms with Gasteiger partial charge in [-0.1, -0.05) is 24.3 Å². The van der Waals surface area contributed by atoms with E-state index >= 15 is 0 Å². The molecule has 0 saturated heterocycles. The number of benzene rings is 3. The monoisotopic (exact) mass is 355 g/mol. The van der Waals surface area contributed by atoms with Gasteiger partial charge in [-0.15, -0.1) is 0 Å². The molecule has 0 radical (unpaired) electrons. The number of aliphatic hydroxyl groups is 1. The average molecular weight is 355 g/mol. The minimum atomic E-state index is -0.615. The Bertz CT molecular complexity index is 846. The molecule has 0 aliphatic heterocycles. The van der Waals surface area contributed by atoms with E-state index in [9.17, 15) is 8.78 Å². The van der Waals surface area contributed by atoms with Crippen LogP contribution in [0.15, 0.2) is 66.7 Å². The standard InChI is InChI=1S/C21H19F2NO2/c22-18-8-17(9-19(23)11-18)14-26-21-6-4-15(5-7-21)12-24-20-3-1-2-16(10-20)13-25/h1-11,24-25H,12-14H2. The summed E-state index contributed by atoms with van der Waals surface area (Å²) in [5.74, 6) is -0.605. The fraction of sp³-hybridized carbons (Fsp3) is 0.143. The second-order valence-corrected chi connectivity index (χ2v) is 5.92. The molecule has 0 amide bonds. The number of rotatable bonds is 7. The van der Waals surface area contributed by atoms with E-state index in [4.69, 9.17) is 9.84 Å². The zero-order valence-electron chi connectivity index (χ0n) is 14.1. The molecular weight excluding hydrogens is 336 g/mol. The van der Waals surface area contributed by atoms with E-state index < -0.39 is 11.6 Å². The number of ether oxygens (including phenoxy) is 1. The van der Waals surface area contributed by atoms with E-state index in [1.807, 2.05) is 48.5 Å². The molecular formula is C21H19F2NO2. The van der Waals surface area contributed by atoms with Crippen molar-refractivity contribution in [1.29, 1.82) is 0 Å². The lowest BCUT2D eigenvalue weighted by Crippen LogP contribution is -2.00. The molecule has 0 unspecified atom stereocenters. The Labute approximate surface area is 150 Å². The third kappa shape index (κ3) is 5.04. The van der Waals surface area contributed by atoms with E-state index in [1.165, 1.54) is 12.1 Å². The van der Waals surface area contributed by atoms with Crippen molar-refractivity contribution in [3.8, 4) is 5.75 Å². The van der Waals surface area contributed by atoms with E-state index in [2.05, 4.69) is 5.32 Å². The first-order valence-electron chi connectivity index (χ1n) is 8.23. The Balaban J connectivity index is 1.54. The maximum atomic E-state index is 13.2. The molecule has 3 rings (SSSR count). The van der Waals surface area contributed by atoms with E-state index in [0.29, 0.717) is 17.9 Å². The first kappa shape index (κ1) is 17.9. The summed E-state index contributed by atoms with van der Waals surface area (Å²) >= 11 is 0. The van der Waals surface area contributed by atoms with Crippen LogP contribution in [0.5, 0.6) is 5.75 Å². The van der Waals surface area contributed by atoms with Crippen LogP contribution in [0, 0.1) is 11.6 Å². The number of anilines is 1. The maximum Gasteiger partial charge on any atom is 0.126 e. The smallest absolute Gasteiger partial charge is 0.126 e. The molecule has 134 valence electrons. The van der Waals surface area contributed by atoms with Crippen molar-refractivity contribution in [1.82, 2.24) is 0 Å². The number of hydrogen-bond donors (Lipinski definition) is 2. The summed E-state index contributed by atoms with van der Waals surface area (Å²) in [6, 6.07) is 18.4. The van der Waals surface area contributed by atoms with Crippen LogP contribution < -0.4 is 10.1 Å². The highest BCUT2D eigenvalue weighted by molar-refractivity contribution is 5.46. The highest BCUT2D eigenvalue weighted by Crippen LogP contribution is 2.17. The van der Waals surface area contributed by atoms with E-state index in [-0.39, 0.29) is 13.2 Å². The summed E-state index contributed by atoms with van der Waals surface area (Å²) in [5.41, 5.74) is 3.29. The van der Waals surface area contributed by atoms with Crippen LogP contribution in [0.4, 0.5) is 14.5 Å². The Morgan fingerprint density at radius 1 is 0.808 bits per heavy atom. The second kappa shape index (κ2) is 8.45. The molecule has 0 aromatic heterocycles. The van der Waals surface area contributed by atoms with Gasteiger partial charge in [0.15, 0.2) is 0 Å². The van der Waals surface area contributed by atoms with Crippen molar-refractivity contribution in [2.45, 2.75) is 19.8 Å². The van der Waals surface area contributed by atoms with E-state index in [0.717, 1.165) is 22.9 Å². The molecule has 0 heterocycles. The fourth-order valence-corrected chi connectivity index (χ4v) is 2.55. The summed E-state index contributed by atoms with van der Waals surface area (Å²) in [6.07, 6.45) is 0. The van der Waals surface area contributed by atoms with Crippen molar-refractivity contribution in [3.05, 3.63) is 95.1 Å². The van der Waals surface area contributed by atoms with Gasteiger partial charge in [-0.3, -0.25) is 0 Å². The summed E-state index contributed by atoms with van der Waals surface area (Å²) < 4.78 is 31.9. The molecule has 3 nitrogen and oxygen atoms in total. The average Bonchev–Trinajstić information content (AvgIpc) is 2.65. The van der Waals surface area contributed by atoms with Crippen LogP contribution in [0.3, 0.4) is 0 Å². The fourth-order valence-electron chi connectivity index (χ4n) is 2.55. The highest BCUT2D eigenvalue weighted by Gasteiger charge is 2.02. The normalized spacial score (nSPS) is 10.6. The quantitative estimate of drug-likeness (QED) is 0.648. The van der Waals surface area contributed by atoms with Crippen LogP contribution in [0.25, 0.3) is 0 Å². The van der Waals surface area contributed by atoms with Gasteiger partial charge in [-0.05, 0) is 53.1 Å². The lowest BCUT2D eigenvalue weighted by atomic mass is 10.2. The van der Waals surface area contributed by atoms with Gasteiger partial charge >= 0.3 is 0 Å². The predicted molar refractivity (Wildman–Crippen MR) is 96.8 cm³/mol. The Morgan fingerprint density at radius 2 is 1.54 bits per heavy atom. The number of aliphatic hydroxyl groups excluding tert-OH is 1. The molecule has 0 bridgehead atoms. The van der Waals surface area contributed by atoms with E-state index in [1.54, 1.807) is 0 Å². The first-order chi connectivity index (χ1) is 12.6. The van der Waals surface area contributed by atoms with Crippen molar-refractivity contribution in [2.75, 3.05) is 5.32 Å². The molecule has 0 aliphatic carbocycles. The van der Waals surface area contributed by atoms with Crippen LogP contribution in [-0.2, 0) is 19.8 Å². The minimum Gasteiger partial charge on any atom is -0.489 e. The molecule has 3 aromatic carbocycles. The lowest BCUT2D eigenvalue weighted by Gasteiger charge is -2.10. The van der Waals surface area contributed by atoms with Crippen molar-refractivity contribution >= 4 is 5.69 Å². The minimum absolute atomic E-state index is 0.0107. The molecule has 2 N–H and O–H groups in total. The molecule has 5 heteroatoms. The van der Waals surface area contributed by atoms with Gasteiger partial charge in [0.1, 0.15) is 24.0 Å². The van der Waals surface area contributed by atoms with Crippen LogP contribution in [-0.4, -0.2) is 5.11 Å². The molecule has 26 heavy (non-hydrogen) atoms. The van der Waals surface area contributed by atoms with Gasteiger partial charge in [0.05, 0.1) is 6.61 Å². The number of hydrogen-bond acceptors (Lipinski definition) is 3. The second-order valence-electron chi connectivity index (χ2n) is 5.92. The molecule has 0 aliphatic rings. The molecule has 0 spiro atoms. The van der Waals surface area contributed by atoms with Gasteiger partial charge < -0.3 is 15.2 Å². The summed E-state index contributed by atoms with van der Waals surface area (Å²) in [5, 5.41) is 12.4. The Hall–Kier alpha value is -2.92. The molecule has 0 atom stereocenters. The summed E-state index contributed by atoms with van der Waals surface area (Å²) in [7, 11) is 0.